The molecular formula is C24H35N3O2. The van der Waals surface area contributed by atoms with Gasteiger partial charge >= 0.3 is 0 Å². The van der Waals surface area contributed by atoms with Crippen LogP contribution in [0.2, 0.25) is 0 Å². The van der Waals surface area contributed by atoms with Gasteiger partial charge in [0.2, 0.25) is 0 Å². The molecule has 0 unspecified atom stereocenters. The molecule has 5 nitrogen and oxygen atoms in total. The molecule has 0 aromatic heterocycles. The van der Waals surface area contributed by atoms with E-state index in [1.54, 1.807) is 14.2 Å². The van der Waals surface area contributed by atoms with E-state index < -0.39 is 0 Å². The summed E-state index contributed by atoms with van der Waals surface area (Å²) in [5, 5.41) is 0. The van der Waals surface area contributed by atoms with Crippen LogP contribution in [0.25, 0.3) is 11.1 Å². The van der Waals surface area contributed by atoms with E-state index >= 15 is 0 Å². The van der Waals surface area contributed by atoms with Crippen molar-refractivity contribution in [2.24, 2.45) is 0 Å². The topological polar surface area (TPSA) is 28.2 Å². The third-order valence-corrected chi connectivity index (χ3v) is 5.95. The molecule has 1 aliphatic rings. The zero-order chi connectivity index (χ0) is 20.6. The number of benzene rings is 2. The fourth-order valence-corrected chi connectivity index (χ4v) is 3.93. The first-order valence-electron chi connectivity index (χ1n) is 10.7. The second-order valence-electron chi connectivity index (χ2n) is 7.47. The van der Waals surface area contributed by atoms with Crippen molar-refractivity contribution in [1.82, 2.24) is 9.80 Å². The number of hydrogen-bond acceptors (Lipinski definition) is 5. The molecule has 0 bridgehead atoms. The van der Waals surface area contributed by atoms with Crippen LogP contribution in [-0.4, -0.2) is 76.4 Å². The molecule has 158 valence electrons. The maximum atomic E-state index is 5.44. The molecule has 5 heteroatoms. The van der Waals surface area contributed by atoms with E-state index in [9.17, 15) is 0 Å². The van der Waals surface area contributed by atoms with Gasteiger partial charge in [-0.2, -0.15) is 0 Å². The van der Waals surface area contributed by atoms with Crippen LogP contribution in [0, 0.1) is 0 Å². The van der Waals surface area contributed by atoms with Gasteiger partial charge in [0.15, 0.2) is 11.5 Å². The van der Waals surface area contributed by atoms with Gasteiger partial charge in [-0.1, -0.05) is 32.0 Å². The molecule has 0 radical (unpaired) electrons. The summed E-state index contributed by atoms with van der Waals surface area (Å²) in [4.78, 5) is 7.58. The largest absolute Gasteiger partial charge is 0.493 e. The number of hydrogen-bond donors (Lipinski definition) is 0. The molecule has 2 aromatic rings. The van der Waals surface area contributed by atoms with Crippen LogP contribution in [0.15, 0.2) is 42.5 Å². The van der Waals surface area contributed by atoms with Gasteiger partial charge in [0.05, 0.1) is 14.2 Å². The number of likely N-dealkylation sites (N-methyl/N-ethyl adjacent to an activating group) is 1. The Balaban J connectivity index is 1.57. The highest BCUT2D eigenvalue weighted by Crippen LogP contribution is 2.33. The Hall–Kier alpha value is -2.24. The van der Waals surface area contributed by atoms with E-state index in [4.69, 9.17) is 9.47 Å². The number of nitrogens with zero attached hydrogens (tertiary/aromatic N) is 3. The highest BCUT2D eigenvalue weighted by atomic mass is 16.5. The minimum absolute atomic E-state index is 0.756. The van der Waals surface area contributed by atoms with E-state index in [0.717, 1.165) is 56.3 Å². The number of rotatable bonds is 9. The fourth-order valence-electron chi connectivity index (χ4n) is 3.93. The van der Waals surface area contributed by atoms with Gasteiger partial charge in [-0.05, 0) is 48.5 Å². The Morgan fingerprint density at radius 2 is 1.41 bits per heavy atom. The van der Waals surface area contributed by atoms with Gasteiger partial charge in [0.25, 0.3) is 0 Å². The molecule has 0 atom stereocenters. The molecular weight excluding hydrogens is 362 g/mol. The summed E-state index contributed by atoms with van der Waals surface area (Å²) in [5.74, 6) is 1.52. The molecule has 0 spiro atoms. The highest BCUT2D eigenvalue weighted by molar-refractivity contribution is 5.69. The highest BCUT2D eigenvalue weighted by Gasteiger charge is 2.17. The Morgan fingerprint density at radius 3 is 2.00 bits per heavy atom. The van der Waals surface area contributed by atoms with Gasteiger partial charge in [0.1, 0.15) is 0 Å². The molecule has 0 amide bonds. The number of anilines is 1. The zero-order valence-corrected chi connectivity index (χ0v) is 18.4. The first kappa shape index (κ1) is 21.5. The van der Waals surface area contributed by atoms with Gasteiger partial charge in [-0.3, -0.25) is 4.90 Å². The summed E-state index contributed by atoms with van der Waals surface area (Å²) in [7, 11) is 3.34. The molecule has 0 aliphatic carbocycles. The van der Waals surface area contributed by atoms with E-state index in [2.05, 4.69) is 58.9 Å². The van der Waals surface area contributed by atoms with E-state index in [1.165, 1.54) is 24.3 Å². The predicted molar refractivity (Wildman–Crippen MR) is 121 cm³/mol. The lowest BCUT2D eigenvalue weighted by atomic mass is 10.0. The van der Waals surface area contributed by atoms with Crippen LogP contribution in [0.1, 0.15) is 13.8 Å². The Kier molecular flexibility index (Phi) is 7.78. The van der Waals surface area contributed by atoms with Gasteiger partial charge < -0.3 is 19.3 Å². The molecule has 1 saturated heterocycles. The van der Waals surface area contributed by atoms with Gasteiger partial charge in [0, 0.05) is 45.0 Å². The fraction of sp³-hybridized carbons (Fsp3) is 0.500. The third kappa shape index (κ3) is 5.43. The Bertz CT molecular complexity index is 751. The predicted octanol–water partition coefficient (Wildman–Crippen LogP) is 3.83. The standard InChI is InChI=1S/C24H35N3O2/c1-5-25(6-2)13-14-26-15-17-27(18-16-26)22-10-7-20(8-11-22)21-9-12-23(28-3)24(19-21)29-4/h7-12,19H,5-6,13-18H2,1-4H3. The molecule has 2 aromatic carbocycles. The second kappa shape index (κ2) is 10.5. The van der Waals surface area contributed by atoms with Crippen molar-refractivity contribution in [3.63, 3.8) is 0 Å². The van der Waals surface area contributed by atoms with Crippen molar-refractivity contribution in [1.29, 1.82) is 0 Å². The maximum Gasteiger partial charge on any atom is 0.161 e. The number of piperazine rings is 1. The van der Waals surface area contributed by atoms with Gasteiger partial charge in [-0.25, -0.2) is 0 Å². The molecule has 29 heavy (non-hydrogen) atoms. The summed E-state index contributed by atoms with van der Waals surface area (Å²) in [5.41, 5.74) is 3.63. The van der Waals surface area contributed by atoms with E-state index in [0.29, 0.717) is 0 Å². The minimum atomic E-state index is 0.756. The lowest BCUT2D eigenvalue weighted by Crippen LogP contribution is -2.48. The van der Waals surface area contributed by atoms with E-state index in [-0.39, 0.29) is 0 Å². The Labute approximate surface area is 175 Å². The van der Waals surface area contributed by atoms with Crippen molar-refractivity contribution >= 4 is 5.69 Å². The normalized spacial score (nSPS) is 15.0. The first-order valence-corrected chi connectivity index (χ1v) is 10.7. The molecule has 1 aliphatic heterocycles. The molecule has 0 saturated carbocycles. The lowest BCUT2D eigenvalue weighted by molar-refractivity contribution is 0.206. The molecule has 1 fully saturated rings. The minimum Gasteiger partial charge on any atom is -0.493 e. The summed E-state index contributed by atoms with van der Waals surface area (Å²) in [6.07, 6.45) is 0. The van der Waals surface area contributed by atoms with Crippen LogP contribution >= 0.6 is 0 Å². The zero-order valence-electron chi connectivity index (χ0n) is 18.4. The maximum absolute atomic E-state index is 5.44. The monoisotopic (exact) mass is 397 g/mol. The third-order valence-electron chi connectivity index (χ3n) is 5.95. The summed E-state index contributed by atoms with van der Waals surface area (Å²) < 4.78 is 10.8. The molecule has 1 heterocycles. The Morgan fingerprint density at radius 1 is 0.793 bits per heavy atom. The number of ether oxygens (including phenoxy) is 2. The number of methoxy groups -OCH3 is 2. The SMILES string of the molecule is CCN(CC)CCN1CCN(c2ccc(-c3ccc(OC)c(OC)c3)cc2)CC1. The smallest absolute Gasteiger partial charge is 0.161 e. The van der Waals surface area contributed by atoms with Crippen molar-refractivity contribution in [3.05, 3.63) is 42.5 Å². The average Bonchev–Trinajstić information content (AvgIpc) is 2.80. The van der Waals surface area contributed by atoms with Crippen molar-refractivity contribution in [2.45, 2.75) is 13.8 Å². The summed E-state index contributed by atoms with van der Waals surface area (Å²) >= 11 is 0. The van der Waals surface area contributed by atoms with Crippen LogP contribution in [0.4, 0.5) is 5.69 Å². The van der Waals surface area contributed by atoms with Crippen molar-refractivity contribution in [3.8, 4) is 22.6 Å². The first-order chi connectivity index (χ1) is 14.2. The van der Waals surface area contributed by atoms with Crippen LogP contribution in [0.5, 0.6) is 11.5 Å². The summed E-state index contributed by atoms with van der Waals surface area (Å²) in [6, 6.07) is 14.9. The van der Waals surface area contributed by atoms with Crippen molar-refractivity contribution < 1.29 is 9.47 Å². The van der Waals surface area contributed by atoms with Crippen LogP contribution in [-0.2, 0) is 0 Å². The van der Waals surface area contributed by atoms with Crippen LogP contribution < -0.4 is 14.4 Å². The molecule has 3 rings (SSSR count). The lowest BCUT2D eigenvalue weighted by Gasteiger charge is -2.37. The second-order valence-corrected chi connectivity index (χ2v) is 7.47. The average molecular weight is 398 g/mol. The van der Waals surface area contributed by atoms with Crippen LogP contribution in [0.3, 0.4) is 0 Å². The molecule has 0 N–H and O–H groups in total. The van der Waals surface area contributed by atoms with E-state index in [1.807, 2.05) is 12.1 Å². The quantitative estimate of drug-likeness (QED) is 0.641. The van der Waals surface area contributed by atoms with Crippen molar-refractivity contribution in [2.75, 3.05) is 71.5 Å². The summed E-state index contributed by atoms with van der Waals surface area (Å²) in [6.45, 7) is 13.6. The van der Waals surface area contributed by atoms with Gasteiger partial charge in [-0.15, -0.1) is 0 Å².